The van der Waals surface area contributed by atoms with Crippen molar-refractivity contribution in [1.29, 1.82) is 0 Å². The van der Waals surface area contributed by atoms with Crippen LogP contribution in [0, 0.1) is 6.92 Å². The van der Waals surface area contributed by atoms with Gasteiger partial charge >= 0.3 is 0 Å². The van der Waals surface area contributed by atoms with Crippen LogP contribution in [-0.2, 0) is 17.6 Å². The number of anilines is 1. The van der Waals surface area contributed by atoms with E-state index in [1.165, 1.54) is 22.2 Å². The molecule has 1 unspecified atom stereocenters. The van der Waals surface area contributed by atoms with Crippen molar-refractivity contribution in [3.05, 3.63) is 43.1 Å². The number of carbonyl (C=O) groups excluding carboxylic acids is 3. The zero-order valence-electron chi connectivity index (χ0n) is 17.0. The fourth-order valence-electron chi connectivity index (χ4n) is 3.91. The zero-order chi connectivity index (χ0) is 22.4. The van der Waals surface area contributed by atoms with Crippen LogP contribution < -0.4 is 22.3 Å². The molecule has 11 heteroatoms. The summed E-state index contributed by atoms with van der Waals surface area (Å²) in [6.07, 6.45) is 4.90. The lowest BCUT2D eigenvalue weighted by Gasteiger charge is -2.15. The molecule has 0 fully saturated rings. The van der Waals surface area contributed by atoms with Gasteiger partial charge in [-0.15, -0.1) is 22.7 Å². The van der Waals surface area contributed by atoms with Crippen molar-refractivity contribution < 1.29 is 14.4 Å². The number of nitrogens with two attached hydrogens (primary N) is 2. The number of nitrogens with zero attached hydrogens (tertiary/aromatic N) is 2. The van der Waals surface area contributed by atoms with E-state index < -0.39 is 29.3 Å². The SMILES string of the molecule is Cc1c(C(N)=O)sc2ncn(C(C)C(=O)Nc3sc4c(c3C(N)=O)CCCC4)c(=O)c12. The molecule has 0 saturated carbocycles. The van der Waals surface area contributed by atoms with Crippen LogP contribution >= 0.6 is 22.7 Å². The summed E-state index contributed by atoms with van der Waals surface area (Å²) in [5.74, 6) is -1.67. The van der Waals surface area contributed by atoms with Crippen molar-refractivity contribution in [2.75, 3.05) is 5.32 Å². The number of aromatic nitrogens is 2. The van der Waals surface area contributed by atoms with E-state index in [1.54, 1.807) is 13.8 Å². The van der Waals surface area contributed by atoms with Gasteiger partial charge in [0.2, 0.25) is 5.91 Å². The number of carbonyl (C=O) groups is 3. The van der Waals surface area contributed by atoms with Crippen molar-refractivity contribution >= 4 is 55.6 Å². The third kappa shape index (κ3) is 3.53. The molecule has 31 heavy (non-hydrogen) atoms. The van der Waals surface area contributed by atoms with Crippen LogP contribution in [0.2, 0.25) is 0 Å². The Balaban J connectivity index is 1.69. The highest BCUT2D eigenvalue weighted by atomic mass is 32.1. The topological polar surface area (TPSA) is 150 Å². The number of rotatable bonds is 5. The second-order valence-electron chi connectivity index (χ2n) is 7.50. The Labute approximate surface area is 185 Å². The first kappa shape index (κ1) is 21.2. The maximum atomic E-state index is 13.0. The van der Waals surface area contributed by atoms with E-state index in [0.717, 1.165) is 47.5 Å². The number of aryl methyl sites for hydroxylation is 2. The third-order valence-corrected chi connectivity index (χ3v) is 7.97. The molecule has 3 aromatic rings. The summed E-state index contributed by atoms with van der Waals surface area (Å²) in [7, 11) is 0. The average molecular weight is 460 g/mol. The maximum absolute atomic E-state index is 13.0. The minimum absolute atomic E-state index is 0.268. The van der Waals surface area contributed by atoms with Crippen LogP contribution in [0.5, 0.6) is 0 Å². The molecule has 0 aromatic carbocycles. The van der Waals surface area contributed by atoms with Gasteiger partial charge in [0.1, 0.15) is 15.9 Å². The third-order valence-electron chi connectivity index (χ3n) is 5.55. The predicted octanol–water partition coefficient (Wildman–Crippen LogP) is 2.10. The average Bonchev–Trinajstić information content (AvgIpc) is 3.25. The molecule has 0 radical (unpaired) electrons. The van der Waals surface area contributed by atoms with Crippen LogP contribution in [0.15, 0.2) is 11.1 Å². The van der Waals surface area contributed by atoms with Crippen molar-refractivity contribution in [2.24, 2.45) is 11.5 Å². The lowest BCUT2D eigenvalue weighted by molar-refractivity contribution is -0.118. The van der Waals surface area contributed by atoms with Gasteiger partial charge < -0.3 is 16.8 Å². The number of fused-ring (bicyclic) bond motifs is 2. The lowest BCUT2D eigenvalue weighted by atomic mass is 9.95. The van der Waals surface area contributed by atoms with Gasteiger partial charge in [-0.1, -0.05) is 0 Å². The number of primary amides is 2. The molecule has 3 amide bonds. The quantitative estimate of drug-likeness (QED) is 0.534. The van der Waals surface area contributed by atoms with Crippen molar-refractivity contribution in [3.8, 4) is 0 Å². The smallest absolute Gasteiger partial charge is 0.263 e. The molecule has 1 aliphatic carbocycles. The minimum Gasteiger partial charge on any atom is -0.365 e. The van der Waals surface area contributed by atoms with Gasteiger partial charge in [0, 0.05) is 4.88 Å². The number of thiophene rings is 2. The first-order valence-corrected chi connectivity index (χ1v) is 11.4. The molecule has 1 atom stereocenters. The predicted molar refractivity (Wildman–Crippen MR) is 120 cm³/mol. The Morgan fingerprint density at radius 2 is 1.87 bits per heavy atom. The largest absolute Gasteiger partial charge is 0.365 e. The van der Waals surface area contributed by atoms with Gasteiger partial charge in [-0.3, -0.25) is 23.7 Å². The Morgan fingerprint density at radius 3 is 2.55 bits per heavy atom. The van der Waals surface area contributed by atoms with E-state index in [-0.39, 0.29) is 10.3 Å². The lowest BCUT2D eigenvalue weighted by Crippen LogP contribution is -2.32. The Morgan fingerprint density at radius 1 is 1.16 bits per heavy atom. The van der Waals surface area contributed by atoms with Crippen LogP contribution in [0.25, 0.3) is 10.2 Å². The van der Waals surface area contributed by atoms with Gasteiger partial charge in [-0.2, -0.15) is 0 Å². The van der Waals surface area contributed by atoms with Gasteiger partial charge in [-0.05, 0) is 50.7 Å². The minimum atomic E-state index is -0.902. The summed E-state index contributed by atoms with van der Waals surface area (Å²) in [6, 6.07) is -0.902. The molecule has 9 nitrogen and oxygen atoms in total. The molecule has 4 rings (SSSR count). The standard InChI is InChI=1S/C20H21N5O4S2/c1-8-12-18(31-14(8)16(22)27)23-7-25(20(12)29)9(2)17(28)24-19-13(15(21)26)10-5-3-4-6-11(10)30-19/h7,9H,3-6H2,1-2H3,(H2,21,26)(H2,22,27)(H,24,28). The molecule has 0 spiro atoms. The monoisotopic (exact) mass is 459 g/mol. The summed E-state index contributed by atoms with van der Waals surface area (Å²) in [5, 5.41) is 3.47. The maximum Gasteiger partial charge on any atom is 0.263 e. The molecule has 3 heterocycles. The molecule has 3 aromatic heterocycles. The summed E-state index contributed by atoms with van der Waals surface area (Å²) >= 11 is 2.41. The van der Waals surface area contributed by atoms with Crippen LogP contribution in [-0.4, -0.2) is 27.3 Å². The number of amides is 3. The van der Waals surface area contributed by atoms with E-state index >= 15 is 0 Å². The van der Waals surface area contributed by atoms with Gasteiger partial charge in [-0.25, -0.2) is 4.98 Å². The molecule has 0 bridgehead atoms. The van der Waals surface area contributed by atoms with Crippen molar-refractivity contribution in [1.82, 2.24) is 9.55 Å². The molecule has 0 saturated heterocycles. The first-order chi connectivity index (χ1) is 14.7. The molecular formula is C20H21N5O4S2. The molecule has 1 aliphatic rings. The summed E-state index contributed by atoms with van der Waals surface area (Å²) in [4.78, 5) is 55.6. The highest BCUT2D eigenvalue weighted by Crippen LogP contribution is 2.38. The van der Waals surface area contributed by atoms with Gasteiger partial charge in [0.25, 0.3) is 17.4 Å². The van der Waals surface area contributed by atoms with E-state index in [1.807, 2.05) is 0 Å². The Hall–Kier alpha value is -3.05. The van der Waals surface area contributed by atoms with E-state index in [4.69, 9.17) is 11.5 Å². The van der Waals surface area contributed by atoms with Gasteiger partial charge in [0.15, 0.2) is 0 Å². The molecule has 0 aliphatic heterocycles. The number of nitrogens with one attached hydrogen (secondary N) is 1. The highest BCUT2D eigenvalue weighted by molar-refractivity contribution is 7.20. The van der Waals surface area contributed by atoms with E-state index in [9.17, 15) is 19.2 Å². The van der Waals surface area contributed by atoms with Gasteiger partial charge in [0.05, 0.1) is 22.2 Å². The molecular weight excluding hydrogens is 438 g/mol. The Kier molecular flexibility index (Phi) is 5.40. The zero-order valence-corrected chi connectivity index (χ0v) is 18.6. The summed E-state index contributed by atoms with van der Waals surface area (Å²) < 4.78 is 1.21. The molecule has 162 valence electrons. The van der Waals surface area contributed by atoms with Crippen molar-refractivity contribution in [3.63, 3.8) is 0 Å². The van der Waals surface area contributed by atoms with Crippen molar-refractivity contribution in [2.45, 2.75) is 45.6 Å². The normalized spacial score (nSPS) is 14.3. The van der Waals surface area contributed by atoms with E-state index in [0.29, 0.717) is 21.0 Å². The molecule has 5 N–H and O–H groups in total. The van der Waals surface area contributed by atoms with E-state index in [2.05, 4.69) is 10.3 Å². The summed E-state index contributed by atoms with van der Waals surface area (Å²) in [6.45, 7) is 3.20. The van der Waals surface area contributed by atoms with Crippen LogP contribution in [0.1, 0.15) is 61.8 Å². The van der Waals surface area contributed by atoms with Crippen LogP contribution in [0.3, 0.4) is 0 Å². The number of hydrogen-bond donors (Lipinski definition) is 3. The fourth-order valence-corrected chi connectivity index (χ4v) is 6.19. The Bertz CT molecular complexity index is 1300. The second kappa shape index (κ2) is 7.89. The first-order valence-electron chi connectivity index (χ1n) is 9.76. The second-order valence-corrected chi connectivity index (χ2v) is 9.61. The number of hydrogen-bond acceptors (Lipinski definition) is 7. The highest BCUT2D eigenvalue weighted by Gasteiger charge is 2.27. The summed E-state index contributed by atoms with van der Waals surface area (Å²) in [5.41, 5.74) is 12.3. The fraction of sp³-hybridized carbons (Fsp3) is 0.350. The van der Waals surface area contributed by atoms with Crippen LogP contribution in [0.4, 0.5) is 5.00 Å².